The first-order chi connectivity index (χ1) is 11.6. The zero-order valence-electron chi connectivity index (χ0n) is 14.0. The molecule has 0 bridgehead atoms. The van der Waals surface area contributed by atoms with E-state index in [1.165, 1.54) is 0 Å². The molecule has 0 amide bonds. The van der Waals surface area contributed by atoms with Gasteiger partial charge in [0.2, 0.25) is 0 Å². The molecule has 132 valence electrons. The molecule has 0 radical (unpaired) electrons. The van der Waals surface area contributed by atoms with Crippen molar-refractivity contribution in [1.82, 2.24) is 10.3 Å². The number of nitrogens with one attached hydrogen (secondary N) is 2. The van der Waals surface area contributed by atoms with Crippen LogP contribution in [0.5, 0.6) is 5.75 Å². The molecule has 2 aromatic rings. The van der Waals surface area contributed by atoms with Crippen LogP contribution in [-0.2, 0) is 4.79 Å². The number of H-pyrrole nitrogens is 1. The molecule has 1 aromatic carbocycles. The lowest BCUT2D eigenvalue weighted by atomic mass is 10.1. The summed E-state index contributed by atoms with van der Waals surface area (Å²) in [4.78, 5) is 13.6. The maximum atomic E-state index is 10.4. The summed E-state index contributed by atoms with van der Waals surface area (Å²) < 4.78 is 5.72. The second kappa shape index (κ2) is 9.30. The normalized spacial score (nSPS) is 13.8. The van der Waals surface area contributed by atoms with E-state index in [9.17, 15) is 9.90 Å². The van der Waals surface area contributed by atoms with Crippen LogP contribution in [-0.4, -0.2) is 46.5 Å². The predicted molar refractivity (Wildman–Crippen MR) is 93.4 cm³/mol. The van der Waals surface area contributed by atoms with E-state index < -0.39 is 12.1 Å². The number of carboxylic acids is 1. The fourth-order valence-electron chi connectivity index (χ4n) is 2.59. The molecular formula is C18H26N2O4. The summed E-state index contributed by atoms with van der Waals surface area (Å²) in [5.74, 6) is 0.00939. The molecule has 0 spiro atoms. The Morgan fingerprint density at radius 3 is 2.96 bits per heavy atom. The Morgan fingerprint density at radius 1 is 1.33 bits per heavy atom. The lowest BCUT2D eigenvalue weighted by molar-refractivity contribution is -0.137. The summed E-state index contributed by atoms with van der Waals surface area (Å²) in [7, 11) is 0. The number of hydrogen-bond acceptors (Lipinski definition) is 4. The first kappa shape index (κ1) is 18.3. The maximum absolute atomic E-state index is 10.4. The molecule has 24 heavy (non-hydrogen) atoms. The Balaban J connectivity index is 1.65. The van der Waals surface area contributed by atoms with Gasteiger partial charge in [0, 0.05) is 36.1 Å². The molecule has 0 aliphatic rings. The maximum Gasteiger partial charge on any atom is 0.303 e. The Hall–Kier alpha value is -2.05. The first-order valence-electron chi connectivity index (χ1n) is 8.38. The van der Waals surface area contributed by atoms with Gasteiger partial charge in [0.15, 0.2) is 0 Å². The minimum absolute atomic E-state index is 0.216. The van der Waals surface area contributed by atoms with Gasteiger partial charge in [-0.3, -0.25) is 4.79 Å². The van der Waals surface area contributed by atoms with Crippen molar-refractivity contribution in [2.24, 2.45) is 0 Å². The van der Waals surface area contributed by atoms with E-state index in [0.29, 0.717) is 13.0 Å². The third-order valence-electron chi connectivity index (χ3n) is 3.97. The van der Waals surface area contributed by atoms with Gasteiger partial charge in [0.1, 0.15) is 18.5 Å². The number of aliphatic hydroxyl groups excluding tert-OH is 1. The quantitative estimate of drug-likeness (QED) is 0.474. The van der Waals surface area contributed by atoms with Crippen molar-refractivity contribution in [2.75, 3.05) is 13.2 Å². The van der Waals surface area contributed by atoms with Gasteiger partial charge in [-0.1, -0.05) is 12.5 Å². The van der Waals surface area contributed by atoms with E-state index in [1.807, 2.05) is 37.4 Å². The summed E-state index contributed by atoms with van der Waals surface area (Å²) >= 11 is 0. The van der Waals surface area contributed by atoms with Crippen LogP contribution in [0.4, 0.5) is 0 Å². The van der Waals surface area contributed by atoms with Gasteiger partial charge in [0.25, 0.3) is 0 Å². The molecule has 0 aliphatic carbocycles. The number of aromatic amines is 1. The standard InChI is InChI=1S/C18H26N2O4/c1-13(5-2-3-8-18(22)23)20-11-14(21)12-24-17-7-4-6-16-15(17)9-10-19-16/h4,6-7,9-10,13-14,19-21H,2-3,5,8,11-12H2,1H3,(H,22,23). The molecule has 2 unspecified atom stereocenters. The van der Waals surface area contributed by atoms with E-state index >= 15 is 0 Å². The van der Waals surface area contributed by atoms with Crippen molar-refractivity contribution in [3.63, 3.8) is 0 Å². The molecule has 2 rings (SSSR count). The van der Waals surface area contributed by atoms with Gasteiger partial charge >= 0.3 is 5.97 Å². The van der Waals surface area contributed by atoms with Crippen LogP contribution in [0.3, 0.4) is 0 Å². The van der Waals surface area contributed by atoms with E-state index in [0.717, 1.165) is 29.5 Å². The Labute approximate surface area is 141 Å². The molecule has 6 nitrogen and oxygen atoms in total. The molecule has 1 aromatic heterocycles. The number of carboxylic acid groups (broad SMARTS) is 1. The minimum atomic E-state index is -0.749. The number of fused-ring (bicyclic) bond motifs is 1. The molecule has 1 heterocycles. The number of aromatic nitrogens is 1. The highest BCUT2D eigenvalue weighted by molar-refractivity contribution is 5.85. The zero-order chi connectivity index (χ0) is 17.4. The Morgan fingerprint density at radius 2 is 2.17 bits per heavy atom. The molecule has 0 saturated heterocycles. The summed E-state index contributed by atoms with van der Waals surface area (Å²) in [6.07, 6.45) is 3.93. The van der Waals surface area contributed by atoms with Crippen LogP contribution in [0.1, 0.15) is 32.6 Å². The number of unbranched alkanes of at least 4 members (excludes halogenated alkanes) is 1. The SMILES string of the molecule is CC(CCCCC(=O)O)NCC(O)COc1cccc2[nH]ccc12. The van der Waals surface area contributed by atoms with Crippen molar-refractivity contribution in [3.05, 3.63) is 30.5 Å². The second-order valence-corrected chi connectivity index (χ2v) is 6.11. The zero-order valence-corrected chi connectivity index (χ0v) is 14.0. The molecule has 0 aliphatic heterocycles. The van der Waals surface area contributed by atoms with Gasteiger partial charge < -0.3 is 25.3 Å². The number of aliphatic carboxylic acids is 1. The van der Waals surface area contributed by atoms with E-state index in [4.69, 9.17) is 9.84 Å². The van der Waals surface area contributed by atoms with Crippen molar-refractivity contribution in [3.8, 4) is 5.75 Å². The summed E-state index contributed by atoms with van der Waals surface area (Å²) in [5, 5.41) is 22.9. The fourth-order valence-corrected chi connectivity index (χ4v) is 2.59. The van der Waals surface area contributed by atoms with Crippen molar-refractivity contribution >= 4 is 16.9 Å². The average Bonchev–Trinajstić information content (AvgIpc) is 3.04. The van der Waals surface area contributed by atoms with Crippen molar-refractivity contribution in [2.45, 2.75) is 44.8 Å². The summed E-state index contributed by atoms with van der Waals surface area (Å²) in [5.41, 5.74) is 1.01. The average molecular weight is 334 g/mol. The predicted octanol–water partition coefficient (Wildman–Crippen LogP) is 2.53. The minimum Gasteiger partial charge on any atom is -0.490 e. The monoisotopic (exact) mass is 334 g/mol. The van der Waals surface area contributed by atoms with Gasteiger partial charge in [-0.2, -0.15) is 0 Å². The third kappa shape index (κ3) is 5.86. The van der Waals surface area contributed by atoms with Gasteiger partial charge in [-0.15, -0.1) is 0 Å². The smallest absolute Gasteiger partial charge is 0.303 e. The lowest BCUT2D eigenvalue weighted by Gasteiger charge is -2.17. The topological polar surface area (TPSA) is 94.6 Å². The van der Waals surface area contributed by atoms with Crippen molar-refractivity contribution in [1.29, 1.82) is 0 Å². The number of aliphatic hydroxyl groups is 1. The molecule has 4 N–H and O–H groups in total. The van der Waals surface area contributed by atoms with E-state index in [1.54, 1.807) is 0 Å². The highest BCUT2D eigenvalue weighted by Gasteiger charge is 2.10. The van der Waals surface area contributed by atoms with E-state index in [-0.39, 0.29) is 19.1 Å². The third-order valence-corrected chi connectivity index (χ3v) is 3.97. The Kier molecular flexibility index (Phi) is 7.08. The van der Waals surface area contributed by atoms with Crippen LogP contribution in [0.15, 0.2) is 30.5 Å². The van der Waals surface area contributed by atoms with E-state index in [2.05, 4.69) is 10.3 Å². The Bertz CT molecular complexity index is 641. The largest absolute Gasteiger partial charge is 0.490 e. The number of benzene rings is 1. The molecule has 0 saturated carbocycles. The van der Waals surface area contributed by atoms with Crippen LogP contribution in [0.25, 0.3) is 10.9 Å². The highest BCUT2D eigenvalue weighted by Crippen LogP contribution is 2.24. The first-order valence-corrected chi connectivity index (χ1v) is 8.38. The number of rotatable bonds is 11. The summed E-state index contributed by atoms with van der Waals surface area (Å²) in [6.45, 7) is 2.71. The number of ether oxygens (including phenoxy) is 1. The second-order valence-electron chi connectivity index (χ2n) is 6.11. The van der Waals surface area contributed by atoms with Crippen molar-refractivity contribution < 1.29 is 19.7 Å². The van der Waals surface area contributed by atoms with Gasteiger partial charge in [-0.25, -0.2) is 0 Å². The van der Waals surface area contributed by atoms with Gasteiger partial charge in [-0.05, 0) is 38.0 Å². The van der Waals surface area contributed by atoms with Crippen LogP contribution < -0.4 is 10.1 Å². The number of carbonyl (C=O) groups is 1. The molecular weight excluding hydrogens is 308 g/mol. The van der Waals surface area contributed by atoms with Crippen LogP contribution in [0.2, 0.25) is 0 Å². The number of hydrogen-bond donors (Lipinski definition) is 4. The molecule has 0 fully saturated rings. The van der Waals surface area contributed by atoms with Crippen LogP contribution in [0, 0.1) is 0 Å². The van der Waals surface area contributed by atoms with Gasteiger partial charge in [0.05, 0.1) is 0 Å². The van der Waals surface area contributed by atoms with Crippen LogP contribution >= 0.6 is 0 Å². The molecule has 6 heteroatoms. The molecule has 2 atom stereocenters. The summed E-state index contributed by atoms with van der Waals surface area (Å²) in [6, 6.07) is 7.97. The fraction of sp³-hybridized carbons (Fsp3) is 0.500. The lowest BCUT2D eigenvalue weighted by Crippen LogP contribution is -2.36. The highest BCUT2D eigenvalue weighted by atomic mass is 16.5.